The summed E-state index contributed by atoms with van der Waals surface area (Å²) in [6.07, 6.45) is -0.118. The molecule has 1 aliphatic rings. The van der Waals surface area contributed by atoms with Crippen LogP contribution in [-0.4, -0.2) is 38.6 Å². The second kappa shape index (κ2) is 9.71. The first-order chi connectivity index (χ1) is 14.3. The van der Waals surface area contributed by atoms with Crippen LogP contribution in [0.25, 0.3) is 0 Å². The predicted octanol–water partition coefficient (Wildman–Crippen LogP) is 5.10. The van der Waals surface area contributed by atoms with Crippen molar-refractivity contribution in [2.75, 3.05) is 11.9 Å². The molecule has 0 aromatic heterocycles. The fourth-order valence-electron chi connectivity index (χ4n) is 2.80. The molecule has 2 aromatic rings. The number of para-hydroxylation sites is 2. The third-order valence-electron chi connectivity index (χ3n) is 4.21. The SMILES string of the molecule is CCN1C(=O)C(CC(=O)Nc2ccccc2[N+](=O)[O-])SC1=Nc1ccc(Br)cc1Br. The molecule has 0 spiro atoms. The monoisotopic (exact) mass is 554 g/mol. The van der Waals surface area contributed by atoms with E-state index in [0.717, 1.165) is 8.95 Å². The molecule has 3 rings (SSSR count). The molecule has 11 heteroatoms. The zero-order valence-electron chi connectivity index (χ0n) is 15.7. The smallest absolute Gasteiger partial charge is 0.292 e. The van der Waals surface area contributed by atoms with E-state index < -0.39 is 16.1 Å². The molecule has 156 valence electrons. The van der Waals surface area contributed by atoms with Crippen molar-refractivity contribution in [3.63, 3.8) is 0 Å². The summed E-state index contributed by atoms with van der Waals surface area (Å²) in [6.45, 7) is 2.25. The van der Waals surface area contributed by atoms with Crippen LogP contribution in [0.4, 0.5) is 17.1 Å². The lowest BCUT2D eigenvalue weighted by Gasteiger charge is -2.13. The summed E-state index contributed by atoms with van der Waals surface area (Å²) in [6, 6.07) is 11.4. The minimum absolute atomic E-state index is 0.1000. The van der Waals surface area contributed by atoms with Gasteiger partial charge in [0.05, 0.1) is 10.6 Å². The average Bonchev–Trinajstić information content (AvgIpc) is 2.98. The molecule has 1 fully saturated rings. The van der Waals surface area contributed by atoms with Gasteiger partial charge in [-0.05, 0) is 47.1 Å². The average molecular weight is 556 g/mol. The molecule has 1 heterocycles. The number of anilines is 1. The summed E-state index contributed by atoms with van der Waals surface area (Å²) >= 11 is 8.05. The number of amides is 2. The quantitative estimate of drug-likeness (QED) is 0.394. The molecule has 1 atom stereocenters. The van der Waals surface area contributed by atoms with Gasteiger partial charge in [0.2, 0.25) is 11.8 Å². The van der Waals surface area contributed by atoms with Crippen LogP contribution in [0.5, 0.6) is 0 Å². The maximum atomic E-state index is 12.8. The largest absolute Gasteiger partial charge is 0.320 e. The molecular weight excluding hydrogens is 540 g/mol. The maximum absolute atomic E-state index is 12.8. The Hall–Kier alpha value is -2.24. The molecule has 30 heavy (non-hydrogen) atoms. The summed E-state index contributed by atoms with van der Waals surface area (Å²) in [5.41, 5.74) is 0.564. The lowest BCUT2D eigenvalue weighted by Crippen LogP contribution is -2.33. The standard InChI is InChI=1S/C19H16Br2N4O4S/c1-2-24-18(27)16(30-19(24)23-13-8-7-11(20)9-12(13)21)10-17(26)22-14-5-3-4-6-15(14)25(28)29/h3-9,16H,2,10H2,1H3,(H,22,26). The lowest BCUT2D eigenvalue weighted by atomic mass is 10.2. The van der Waals surface area contributed by atoms with Crippen molar-refractivity contribution in [3.05, 3.63) is 61.5 Å². The minimum Gasteiger partial charge on any atom is -0.320 e. The summed E-state index contributed by atoms with van der Waals surface area (Å²) < 4.78 is 1.66. The van der Waals surface area contributed by atoms with Gasteiger partial charge >= 0.3 is 0 Å². The third-order valence-corrected chi connectivity index (χ3v) is 6.51. The summed E-state index contributed by atoms with van der Waals surface area (Å²) in [7, 11) is 0. The van der Waals surface area contributed by atoms with E-state index in [0.29, 0.717) is 17.4 Å². The van der Waals surface area contributed by atoms with E-state index in [4.69, 9.17) is 0 Å². The van der Waals surface area contributed by atoms with Crippen LogP contribution in [0.3, 0.4) is 0 Å². The Morgan fingerprint density at radius 2 is 2.03 bits per heavy atom. The van der Waals surface area contributed by atoms with Crippen LogP contribution in [0, 0.1) is 10.1 Å². The van der Waals surface area contributed by atoms with Crippen molar-refractivity contribution in [1.82, 2.24) is 4.90 Å². The number of carbonyl (C=O) groups is 2. The van der Waals surface area contributed by atoms with E-state index >= 15 is 0 Å². The van der Waals surface area contributed by atoms with Crippen molar-refractivity contribution >= 4 is 77.7 Å². The molecular formula is C19H16Br2N4O4S. The zero-order valence-corrected chi connectivity index (χ0v) is 19.7. The maximum Gasteiger partial charge on any atom is 0.292 e. The molecule has 0 radical (unpaired) electrons. The first-order valence-corrected chi connectivity index (χ1v) is 11.3. The Labute approximate surface area is 193 Å². The summed E-state index contributed by atoms with van der Waals surface area (Å²) in [5.74, 6) is -0.690. The van der Waals surface area contributed by atoms with Gasteiger partial charge in [-0.2, -0.15) is 0 Å². The highest BCUT2D eigenvalue weighted by atomic mass is 79.9. The van der Waals surface area contributed by atoms with E-state index in [-0.39, 0.29) is 23.7 Å². The van der Waals surface area contributed by atoms with Gasteiger partial charge in [-0.1, -0.05) is 39.8 Å². The van der Waals surface area contributed by atoms with Gasteiger partial charge in [-0.25, -0.2) is 4.99 Å². The van der Waals surface area contributed by atoms with Crippen LogP contribution in [0.15, 0.2) is 56.4 Å². The first kappa shape index (κ1) is 22.4. The van der Waals surface area contributed by atoms with Crippen molar-refractivity contribution in [3.8, 4) is 0 Å². The third kappa shape index (κ3) is 5.08. The highest BCUT2D eigenvalue weighted by Gasteiger charge is 2.38. The number of nitro groups is 1. The molecule has 0 aliphatic carbocycles. The van der Waals surface area contributed by atoms with E-state index in [1.165, 1.54) is 34.9 Å². The molecule has 0 saturated carbocycles. The van der Waals surface area contributed by atoms with Crippen molar-refractivity contribution in [2.45, 2.75) is 18.6 Å². The number of thioether (sulfide) groups is 1. The number of carbonyl (C=O) groups excluding carboxylic acids is 2. The van der Waals surface area contributed by atoms with Crippen LogP contribution in [0.1, 0.15) is 13.3 Å². The predicted molar refractivity (Wildman–Crippen MR) is 124 cm³/mol. The number of nitrogens with one attached hydrogen (secondary N) is 1. The highest BCUT2D eigenvalue weighted by molar-refractivity contribution is 9.11. The number of hydrogen-bond acceptors (Lipinski definition) is 6. The Kier molecular flexibility index (Phi) is 7.27. The number of rotatable bonds is 6. The number of nitrogens with zero attached hydrogens (tertiary/aromatic N) is 3. The van der Waals surface area contributed by atoms with Gasteiger partial charge in [0.15, 0.2) is 5.17 Å². The number of halogens is 2. The number of amidine groups is 1. The van der Waals surface area contributed by atoms with E-state index in [1.54, 1.807) is 6.07 Å². The highest BCUT2D eigenvalue weighted by Crippen LogP contribution is 2.35. The summed E-state index contributed by atoms with van der Waals surface area (Å²) in [5, 5.41) is 13.5. The molecule has 1 unspecified atom stereocenters. The van der Waals surface area contributed by atoms with Gasteiger partial charge in [-0.3, -0.25) is 24.6 Å². The Morgan fingerprint density at radius 3 is 2.70 bits per heavy atom. The first-order valence-electron chi connectivity index (χ1n) is 8.85. The van der Waals surface area contributed by atoms with Gasteiger partial charge < -0.3 is 5.32 Å². The molecule has 8 nitrogen and oxygen atoms in total. The van der Waals surface area contributed by atoms with E-state index in [1.807, 2.05) is 25.1 Å². The fraction of sp³-hybridized carbons (Fsp3) is 0.211. The van der Waals surface area contributed by atoms with Gasteiger partial charge in [0.1, 0.15) is 10.9 Å². The number of nitro benzene ring substituents is 1. The zero-order chi connectivity index (χ0) is 21.8. The molecule has 1 aliphatic heterocycles. The van der Waals surface area contributed by atoms with Gasteiger partial charge in [-0.15, -0.1) is 0 Å². The van der Waals surface area contributed by atoms with Crippen molar-refractivity contribution < 1.29 is 14.5 Å². The summed E-state index contributed by atoms with van der Waals surface area (Å²) in [4.78, 5) is 41.9. The second-order valence-electron chi connectivity index (χ2n) is 6.21. The van der Waals surface area contributed by atoms with E-state index in [9.17, 15) is 19.7 Å². The molecule has 0 bridgehead atoms. The number of hydrogen-bond donors (Lipinski definition) is 1. The Balaban J connectivity index is 1.76. The molecule has 2 aromatic carbocycles. The van der Waals surface area contributed by atoms with Gasteiger partial charge in [0, 0.05) is 28.0 Å². The molecule has 2 amide bonds. The second-order valence-corrected chi connectivity index (χ2v) is 9.15. The van der Waals surface area contributed by atoms with Crippen LogP contribution in [-0.2, 0) is 9.59 Å². The van der Waals surface area contributed by atoms with E-state index in [2.05, 4.69) is 42.2 Å². The number of benzene rings is 2. The Morgan fingerprint density at radius 1 is 1.30 bits per heavy atom. The lowest BCUT2D eigenvalue weighted by molar-refractivity contribution is -0.383. The number of aliphatic imine (C=N–C) groups is 1. The van der Waals surface area contributed by atoms with Crippen molar-refractivity contribution in [2.24, 2.45) is 4.99 Å². The molecule has 1 N–H and O–H groups in total. The van der Waals surface area contributed by atoms with Crippen LogP contribution >= 0.6 is 43.6 Å². The minimum atomic E-state index is -0.652. The van der Waals surface area contributed by atoms with Crippen LogP contribution in [0.2, 0.25) is 0 Å². The normalized spacial score (nSPS) is 17.4. The Bertz CT molecular complexity index is 1050. The van der Waals surface area contributed by atoms with Gasteiger partial charge in [0.25, 0.3) is 5.69 Å². The van der Waals surface area contributed by atoms with Crippen molar-refractivity contribution in [1.29, 1.82) is 0 Å². The fourth-order valence-corrected chi connectivity index (χ4v) is 5.15. The topological polar surface area (TPSA) is 105 Å². The van der Waals surface area contributed by atoms with Crippen LogP contribution < -0.4 is 5.32 Å². The molecule has 1 saturated heterocycles.